The molecule has 120 valence electrons. The maximum Gasteiger partial charge on any atom is 0.211 e. The predicted octanol–water partition coefficient (Wildman–Crippen LogP) is 4.22. The summed E-state index contributed by atoms with van der Waals surface area (Å²) < 4.78 is 0. The number of likely N-dealkylation sites (tertiary alicyclic amines) is 1. The number of carbonyl (C=O) groups is 1. The maximum absolute atomic E-state index is 10.9. The zero-order valence-electron chi connectivity index (χ0n) is 13.6. The summed E-state index contributed by atoms with van der Waals surface area (Å²) in [6, 6.07) is 8.79. The van der Waals surface area contributed by atoms with Crippen LogP contribution in [0.2, 0.25) is 0 Å². The van der Waals surface area contributed by atoms with E-state index < -0.39 is 0 Å². The highest BCUT2D eigenvalue weighted by molar-refractivity contribution is 5.73. The topological polar surface area (TPSA) is 32.3 Å². The minimum absolute atomic E-state index is 0.461. The first kappa shape index (κ1) is 15.5. The third-order valence-corrected chi connectivity index (χ3v) is 5.55. The van der Waals surface area contributed by atoms with Gasteiger partial charge in [0.2, 0.25) is 6.41 Å². The highest BCUT2D eigenvalue weighted by atomic mass is 16.1. The molecule has 1 aliphatic carbocycles. The number of fused-ring (bicyclic) bond motifs is 1. The number of piperidine rings is 1. The van der Waals surface area contributed by atoms with E-state index in [1.54, 1.807) is 0 Å². The van der Waals surface area contributed by atoms with Crippen molar-refractivity contribution in [1.29, 1.82) is 0 Å². The Bertz CT molecular complexity index is 502. The molecule has 0 radical (unpaired) electrons. The molecule has 1 aliphatic heterocycles. The Hall–Kier alpha value is -1.35. The highest BCUT2D eigenvalue weighted by Gasteiger charge is 2.37. The van der Waals surface area contributed by atoms with Crippen LogP contribution < -0.4 is 5.32 Å². The fourth-order valence-corrected chi connectivity index (χ4v) is 4.54. The van der Waals surface area contributed by atoms with Crippen molar-refractivity contribution in [2.45, 2.75) is 51.5 Å². The van der Waals surface area contributed by atoms with Gasteiger partial charge in [0.05, 0.1) is 0 Å². The van der Waals surface area contributed by atoms with E-state index in [0.29, 0.717) is 6.04 Å². The van der Waals surface area contributed by atoms with Gasteiger partial charge in [-0.25, -0.2) is 0 Å². The van der Waals surface area contributed by atoms with Gasteiger partial charge in [0, 0.05) is 18.3 Å². The van der Waals surface area contributed by atoms with Crippen molar-refractivity contribution in [2.75, 3.05) is 18.4 Å². The molecule has 1 aromatic carbocycles. The Morgan fingerprint density at radius 3 is 2.77 bits per heavy atom. The summed E-state index contributed by atoms with van der Waals surface area (Å²) >= 11 is 0. The van der Waals surface area contributed by atoms with Gasteiger partial charge in [-0.15, -0.1) is 0 Å². The summed E-state index contributed by atoms with van der Waals surface area (Å²) in [5, 5.41) is 2.90. The molecule has 0 bridgehead atoms. The van der Waals surface area contributed by atoms with Crippen LogP contribution in [-0.2, 0) is 4.79 Å². The Labute approximate surface area is 134 Å². The normalized spacial score (nSPS) is 28.9. The largest absolute Gasteiger partial charge is 0.328 e. The molecule has 3 heteroatoms. The smallest absolute Gasteiger partial charge is 0.211 e. The lowest BCUT2D eigenvalue weighted by atomic mass is 9.71. The molecule has 2 unspecified atom stereocenters. The summed E-state index contributed by atoms with van der Waals surface area (Å²) in [5.74, 6) is 1.76. The van der Waals surface area contributed by atoms with Crippen molar-refractivity contribution in [3.8, 4) is 0 Å². The van der Waals surface area contributed by atoms with E-state index in [9.17, 15) is 4.79 Å². The van der Waals surface area contributed by atoms with Crippen LogP contribution in [0.15, 0.2) is 24.3 Å². The Morgan fingerprint density at radius 2 is 2.00 bits per heavy atom. The van der Waals surface area contributed by atoms with E-state index in [4.69, 9.17) is 0 Å². The first-order valence-electron chi connectivity index (χ1n) is 8.86. The molecule has 2 aliphatic rings. The lowest BCUT2D eigenvalue weighted by molar-refractivity contribution is -0.105. The molecule has 22 heavy (non-hydrogen) atoms. The van der Waals surface area contributed by atoms with Crippen LogP contribution in [0.25, 0.3) is 0 Å². The second-order valence-electron chi connectivity index (χ2n) is 6.90. The van der Waals surface area contributed by atoms with Crippen molar-refractivity contribution in [3.63, 3.8) is 0 Å². The number of hydrogen-bond acceptors (Lipinski definition) is 2. The van der Waals surface area contributed by atoms with Crippen LogP contribution in [0.4, 0.5) is 5.69 Å². The molecule has 0 spiro atoms. The van der Waals surface area contributed by atoms with E-state index in [1.807, 2.05) is 12.1 Å². The average Bonchev–Trinajstić information content (AvgIpc) is 2.55. The standard InChI is InChI=1S/C19H28N2O/c1-2-11-21-13-16-8-4-3-7-15(16)12-19(21)17-9-5-6-10-18(17)20-14-22/h5-6,9-10,14-16,19H,2-4,7-8,11-13H2,1H3,(H,20,22)/t15?,16?,19-/m0/s1. The second-order valence-corrected chi connectivity index (χ2v) is 6.90. The maximum atomic E-state index is 10.9. The van der Waals surface area contributed by atoms with E-state index in [0.717, 1.165) is 30.5 Å². The molecule has 1 heterocycles. The summed E-state index contributed by atoms with van der Waals surface area (Å²) in [6.07, 6.45) is 8.86. The molecule has 2 fully saturated rings. The fourth-order valence-electron chi connectivity index (χ4n) is 4.54. The van der Waals surface area contributed by atoms with Crippen molar-refractivity contribution < 1.29 is 4.79 Å². The lowest BCUT2D eigenvalue weighted by Crippen LogP contribution is -2.44. The van der Waals surface area contributed by atoms with E-state index >= 15 is 0 Å². The van der Waals surface area contributed by atoms with Crippen LogP contribution in [0.5, 0.6) is 0 Å². The van der Waals surface area contributed by atoms with Crippen LogP contribution in [0.1, 0.15) is 57.1 Å². The number of hydrogen-bond donors (Lipinski definition) is 1. The quantitative estimate of drug-likeness (QED) is 0.826. The van der Waals surface area contributed by atoms with Crippen LogP contribution in [-0.4, -0.2) is 24.4 Å². The molecule has 3 atom stereocenters. The molecule has 1 amide bonds. The van der Waals surface area contributed by atoms with Gasteiger partial charge in [0.25, 0.3) is 0 Å². The average molecular weight is 300 g/mol. The Morgan fingerprint density at radius 1 is 1.23 bits per heavy atom. The molecule has 1 saturated heterocycles. The second kappa shape index (κ2) is 7.28. The first-order chi connectivity index (χ1) is 10.8. The predicted molar refractivity (Wildman–Crippen MR) is 90.8 cm³/mol. The monoisotopic (exact) mass is 300 g/mol. The van der Waals surface area contributed by atoms with Gasteiger partial charge in [0.15, 0.2) is 0 Å². The summed E-state index contributed by atoms with van der Waals surface area (Å²) in [6.45, 7) is 4.65. The Kier molecular flexibility index (Phi) is 5.14. The summed E-state index contributed by atoms with van der Waals surface area (Å²) in [4.78, 5) is 13.6. The SMILES string of the molecule is CCCN1CC2CCCCC2C[C@H]1c1ccccc1NC=O. The number of nitrogens with zero attached hydrogens (tertiary/aromatic N) is 1. The van der Waals surface area contributed by atoms with Crippen molar-refractivity contribution in [2.24, 2.45) is 11.8 Å². The fraction of sp³-hybridized carbons (Fsp3) is 0.632. The number of nitrogens with one attached hydrogen (secondary N) is 1. The molecule has 3 rings (SSSR count). The first-order valence-corrected chi connectivity index (χ1v) is 8.86. The molecule has 3 nitrogen and oxygen atoms in total. The van der Waals surface area contributed by atoms with Gasteiger partial charge in [-0.2, -0.15) is 0 Å². The van der Waals surface area contributed by atoms with Crippen molar-refractivity contribution in [3.05, 3.63) is 29.8 Å². The number of rotatable bonds is 5. The summed E-state index contributed by atoms with van der Waals surface area (Å²) in [5.41, 5.74) is 2.28. The van der Waals surface area contributed by atoms with E-state index in [2.05, 4.69) is 29.3 Å². The minimum atomic E-state index is 0.461. The van der Waals surface area contributed by atoms with Gasteiger partial charge in [-0.3, -0.25) is 9.69 Å². The van der Waals surface area contributed by atoms with Gasteiger partial charge in [0.1, 0.15) is 0 Å². The number of para-hydroxylation sites is 1. The molecule has 1 N–H and O–H groups in total. The molecule has 1 aromatic rings. The molecular weight excluding hydrogens is 272 g/mol. The van der Waals surface area contributed by atoms with Gasteiger partial charge in [-0.1, -0.05) is 44.4 Å². The number of benzene rings is 1. The number of carbonyl (C=O) groups excluding carboxylic acids is 1. The van der Waals surface area contributed by atoms with Crippen LogP contribution in [0, 0.1) is 11.8 Å². The van der Waals surface area contributed by atoms with Gasteiger partial charge >= 0.3 is 0 Å². The number of anilines is 1. The van der Waals surface area contributed by atoms with Crippen LogP contribution >= 0.6 is 0 Å². The highest BCUT2D eigenvalue weighted by Crippen LogP contribution is 2.45. The van der Waals surface area contributed by atoms with Gasteiger partial charge < -0.3 is 5.32 Å². The van der Waals surface area contributed by atoms with Crippen molar-refractivity contribution >= 4 is 12.1 Å². The number of amides is 1. The third-order valence-electron chi connectivity index (χ3n) is 5.55. The lowest BCUT2D eigenvalue weighted by Gasteiger charge is -2.46. The molecular formula is C19H28N2O. The van der Waals surface area contributed by atoms with Gasteiger partial charge in [-0.05, 0) is 49.3 Å². The molecule has 1 saturated carbocycles. The Balaban J connectivity index is 1.87. The zero-order chi connectivity index (χ0) is 15.4. The zero-order valence-corrected chi connectivity index (χ0v) is 13.6. The van der Waals surface area contributed by atoms with E-state index in [1.165, 1.54) is 50.6 Å². The third kappa shape index (κ3) is 3.19. The minimum Gasteiger partial charge on any atom is -0.328 e. The van der Waals surface area contributed by atoms with E-state index in [-0.39, 0.29) is 0 Å². The molecule has 0 aromatic heterocycles. The van der Waals surface area contributed by atoms with Crippen LogP contribution in [0.3, 0.4) is 0 Å². The summed E-state index contributed by atoms with van der Waals surface area (Å²) in [7, 11) is 0. The van der Waals surface area contributed by atoms with Crippen molar-refractivity contribution in [1.82, 2.24) is 4.90 Å².